The van der Waals surface area contributed by atoms with Gasteiger partial charge in [-0.1, -0.05) is 78.7 Å². The lowest BCUT2D eigenvalue weighted by Crippen LogP contribution is -2.73. The number of rotatable bonds is 2. The van der Waals surface area contributed by atoms with Gasteiger partial charge in [-0.15, -0.1) is 0 Å². The number of fused-ring (bicyclic) bond motifs is 1. The molecule has 0 bridgehead atoms. The zero-order chi connectivity index (χ0) is 22.6. The van der Waals surface area contributed by atoms with Crippen LogP contribution in [0.5, 0.6) is 11.5 Å². The van der Waals surface area contributed by atoms with E-state index in [0.29, 0.717) is 15.9 Å². The molecule has 1 saturated heterocycles. The molecule has 3 aromatic rings. The summed E-state index contributed by atoms with van der Waals surface area (Å²) in [6, 6.07) is 24.6. The van der Waals surface area contributed by atoms with Crippen molar-refractivity contribution in [1.29, 1.82) is 0 Å². The van der Waals surface area contributed by atoms with Gasteiger partial charge < -0.3 is 20.5 Å². The Morgan fingerprint density at radius 1 is 0.939 bits per heavy atom. The van der Waals surface area contributed by atoms with Crippen LogP contribution in [0.2, 0.25) is 5.02 Å². The maximum atomic E-state index is 10.4. The van der Waals surface area contributed by atoms with E-state index in [1.807, 2.05) is 18.2 Å². The second-order valence-corrected chi connectivity index (χ2v) is 10.1. The van der Waals surface area contributed by atoms with Gasteiger partial charge in [-0.05, 0) is 42.3 Å². The number of benzene rings is 3. The average molecular weight is 477 g/mol. The van der Waals surface area contributed by atoms with Crippen LogP contribution in [0.3, 0.4) is 0 Å². The number of aromatic hydroxyl groups is 1. The third kappa shape index (κ3) is 3.29. The molecule has 168 valence electrons. The van der Waals surface area contributed by atoms with Crippen LogP contribution in [0.1, 0.15) is 47.9 Å². The third-order valence-electron chi connectivity index (χ3n) is 7.54. The monoisotopic (exact) mass is 476 g/mol. The predicted octanol–water partition coefficient (Wildman–Crippen LogP) is 5.90. The van der Waals surface area contributed by atoms with Gasteiger partial charge in [0.15, 0.2) is 10.8 Å². The molecule has 2 heterocycles. The van der Waals surface area contributed by atoms with E-state index in [4.69, 9.17) is 28.6 Å². The highest BCUT2D eigenvalue weighted by atomic mass is 35.5. The summed E-state index contributed by atoms with van der Waals surface area (Å²) < 4.78 is 6.88. The quantitative estimate of drug-likeness (QED) is 0.402. The molecule has 2 aliphatic heterocycles. The molecule has 0 aromatic heterocycles. The summed E-state index contributed by atoms with van der Waals surface area (Å²) in [6.07, 6.45) is 3.12. The van der Waals surface area contributed by atoms with E-state index in [1.54, 1.807) is 6.07 Å². The molecule has 6 rings (SSSR count). The van der Waals surface area contributed by atoms with Crippen LogP contribution < -0.4 is 15.4 Å². The molecule has 4 nitrogen and oxygen atoms in total. The van der Waals surface area contributed by atoms with E-state index in [-0.39, 0.29) is 29.5 Å². The third-order valence-corrected chi connectivity index (χ3v) is 8.07. The molecule has 3 N–H and O–H groups in total. The van der Waals surface area contributed by atoms with Crippen molar-refractivity contribution in [3.05, 3.63) is 94.5 Å². The number of hydrogen-bond donors (Lipinski definition) is 3. The summed E-state index contributed by atoms with van der Waals surface area (Å²) in [4.78, 5) is 0. The van der Waals surface area contributed by atoms with E-state index < -0.39 is 5.72 Å². The predicted molar refractivity (Wildman–Crippen MR) is 134 cm³/mol. The van der Waals surface area contributed by atoms with Crippen LogP contribution in [0.25, 0.3) is 0 Å². The highest BCUT2D eigenvalue weighted by Gasteiger charge is 2.60. The fourth-order valence-electron chi connectivity index (χ4n) is 6.24. The summed E-state index contributed by atoms with van der Waals surface area (Å²) in [5.74, 6) is 1.07. The lowest BCUT2D eigenvalue weighted by Gasteiger charge is -2.59. The molecular weight excluding hydrogens is 452 g/mol. The van der Waals surface area contributed by atoms with E-state index >= 15 is 0 Å². The summed E-state index contributed by atoms with van der Waals surface area (Å²) in [5, 5.41) is 18.5. The van der Waals surface area contributed by atoms with Crippen molar-refractivity contribution in [3.63, 3.8) is 0 Å². The molecule has 1 spiro atoms. The second-order valence-electron chi connectivity index (χ2n) is 9.26. The SMILES string of the molecule is Oc1cc2c(cc1Cl)[C@H](c1ccccc1)[C@@H]1CCC[C@@H]3[C@@H](c4ccccc4)NC(=S)N[C@@]31O2. The number of hydrogen-bond acceptors (Lipinski definition) is 3. The molecule has 0 amide bonds. The minimum absolute atomic E-state index is 0.0283. The molecule has 0 radical (unpaired) electrons. The molecule has 3 aliphatic rings. The maximum Gasteiger partial charge on any atom is 0.191 e. The van der Waals surface area contributed by atoms with Crippen LogP contribution in [0.15, 0.2) is 72.8 Å². The molecular formula is C27H25ClN2O2S. The van der Waals surface area contributed by atoms with Gasteiger partial charge in [-0.25, -0.2) is 0 Å². The lowest BCUT2D eigenvalue weighted by atomic mass is 9.60. The van der Waals surface area contributed by atoms with Gasteiger partial charge in [-0.3, -0.25) is 0 Å². The first kappa shape index (κ1) is 20.8. The van der Waals surface area contributed by atoms with Crippen LogP contribution in [0.4, 0.5) is 0 Å². The molecule has 1 aliphatic carbocycles. The molecule has 1 saturated carbocycles. The number of phenols is 1. The lowest BCUT2D eigenvalue weighted by molar-refractivity contribution is -0.120. The first-order chi connectivity index (χ1) is 16.1. The summed E-state index contributed by atoms with van der Waals surface area (Å²) in [7, 11) is 0. The Morgan fingerprint density at radius 3 is 2.33 bits per heavy atom. The Labute approximate surface area is 203 Å². The minimum Gasteiger partial charge on any atom is -0.506 e. The fourth-order valence-corrected chi connectivity index (χ4v) is 6.70. The molecule has 3 aromatic carbocycles. The Balaban J connectivity index is 1.55. The van der Waals surface area contributed by atoms with Gasteiger partial charge in [0.05, 0.1) is 11.1 Å². The van der Waals surface area contributed by atoms with E-state index in [1.165, 1.54) is 11.1 Å². The maximum absolute atomic E-state index is 10.4. The van der Waals surface area contributed by atoms with Gasteiger partial charge in [-0.2, -0.15) is 0 Å². The number of ether oxygens (including phenoxy) is 1. The van der Waals surface area contributed by atoms with Gasteiger partial charge in [0.2, 0.25) is 0 Å². The van der Waals surface area contributed by atoms with Crippen molar-refractivity contribution in [1.82, 2.24) is 10.6 Å². The van der Waals surface area contributed by atoms with E-state index in [2.05, 4.69) is 59.2 Å². The van der Waals surface area contributed by atoms with Crippen molar-refractivity contribution in [2.45, 2.75) is 36.9 Å². The Kier molecular flexibility index (Phi) is 5.00. The van der Waals surface area contributed by atoms with Crippen LogP contribution in [-0.4, -0.2) is 15.9 Å². The highest BCUT2D eigenvalue weighted by molar-refractivity contribution is 7.80. The first-order valence-electron chi connectivity index (χ1n) is 11.5. The summed E-state index contributed by atoms with van der Waals surface area (Å²) in [6.45, 7) is 0. The topological polar surface area (TPSA) is 53.5 Å². The Morgan fingerprint density at radius 2 is 1.61 bits per heavy atom. The van der Waals surface area contributed by atoms with Gasteiger partial charge in [0.25, 0.3) is 0 Å². The first-order valence-corrected chi connectivity index (χ1v) is 12.3. The largest absolute Gasteiger partial charge is 0.506 e. The second kappa shape index (κ2) is 7.93. The van der Waals surface area contributed by atoms with Crippen molar-refractivity contribution >= 4 is 28.9 Å². The van der Waals surface area contributed by atoms with Crippen LogP contribution >= 0.6 is 23.8 Å². The number of halogens is 1. The minimum atomic E-state index is -0.686. The van der Waals surface area contributed by atoms with Gasteiger partial charge in [0.1, 0.15) is 11.5 Å². The highest BCUT2D eigenvalue weighted by Crippen LogP contribution is 2.58. The summed E-state index contributed by atoms with van der Waals surface area (Å²) >= 11 is 12.1. The number of nitrogens with one attached hydrogen (secondary N) is 2. The van der Waals surface area contributed by atoms with Gasteiger partial charge >= 0.3 is 0 Å². The van der Waals surface area contributed by atoms with E-state index in [0.717, 1.165) is 24.8 Å². The smallest absolute Gasteiger partial charge is 0.191 e. The standard InChI is InChI=1S/C27H25ClN2O2S/c28-21-14-18-23(15-22(21)31)32-27-19(24(18)16-8-3-1-4-9-16)12-7-13-20(27)25(29-26(33)30-27)17-10-5-2-6-11-17/h1-6,8-11,14-15,19-20,24-25,31H,7,12-13H2,(H2,29,30,33)/t19-,20+,24-,25+,27-/m0/s1. The molecule has 2 fully saturated rings. The van der Waals surface area contributed by atoms with Crippen molar-refractivity contribution < 1.29 is 9.84 Å². The van der Waals surface area contributed by atoms with Crippen LogP contribution in [0, 0.1) is 11.8 Å². The van der Waals surface area contributed by atoms with Crippen LogP contribution in [-0.2, 0) is 0 Å². The average Bonchev–Trinajstić information content (AvgIpc) is 2.83. The molecule has 0 unspecified atom stereocenters. The number of thiocarbonyl (C=S) groups is 1. The zero-order valence-electron chi connectivity index (χ0n) is 18.0. The molecule has 33 heavy (non-hydrogen) atoms. The van der Waals surface area contributed by atoms with E-state index in [9.17, 15) is 5.11 Å². The normalized spacial score (nSPS) is 30.0. The Bertz CT molecular complexity index is 1210. The zero-order valence-corrected chi connectivity index (χ0v) is 19.6. The van der Waals surface area contributed by atoms with Crippen molar-refractivity contribution in [2.75, 3.05) is 0 Å². The molecule has 5 atom stereocenters. The number of phenolic OH excluding ortho intramolecular Hbond substituents is 1. The molecule has 6 heteroatoms. The Hall–Kier alpha value is -2.76. The van der Waals surface area contributed by atoms with Crippen molar-refractivity contribution in [2.24, 2.45) is 11.8 Å². The van der Waals surface area contributed by atoms with Crippen molar-refractivity contribution in [3.8, 4) is 11.5 Å². The summed E-state index contributed by atoms with van der Waals surface area (Å²) in [5.41, 5.74) is 2.75. The van der Waals surface area contributed by atoms with Gasteiger partial charge in [0, 0.05) is 29.4 Å². The fraction of sp³-hybridized carbons (Fsp3) is 0.296.